The van der Waals surface area contributed by atoms with E-state index in [2.05, 4.69) is 31.8 Å². The molecule has 4 amide bonds. The Labute approximate surface area is 343 Å². The number of amides is 4. The molecule has 2 N–H and O–H groups in total. The molecule has 3 aliphatic heterocycles. The molecular weight excluding hydrogens is 789 g/mol. The maximum atomic E-state index is 17.0. The topological polar surface area (TPSA) is 187 Å². The van der Waals surface area contributed by atoms with E-state index in [1.807, 2.05) is 0 Å². The van der Waals surface area contributed by atoms with E-state index in [-0.39, 0.29) is 74.3 Å². The van der Waals surface area contributed by atoms with E-state index in [4.69, 9.17) is 4.84 Å². The number of aryl methyl sites for hydroxylation is 2. The fourth-order valence-corrected chi connectivity index (χ4v) is 8.03. The smallest absolute Gasteiger partial charge is 0.737 e. The Balaban J connectivity index is 1.25. The molecule has 1 unspecified atom stereocenters. The van der Waals surface area contributed by atoms with E-state index < -0.39 is 58.5 Å². The maximum Gasteiger partial charge on any atom is 0.737 e. The summed E-state index contributed by atoms with van der Waals surface area (Å²) in [6.07, 6.45) is 5.48. The fraction of sp³-hybridized carbons (Fsp3) is 0.500. The molecule has 0 aliphatic carbocycles. The van der Waals surface area contributed by atoms with Crippen molar-refractivity contribution in [2.24, 2.45) is 0 Å². The first-order chi connectivity index (χ1) is 27.7. The third-order valence-electron chi connectivity index (χ3n) is 10.5. The largest absolute Gasteiger partial charge is 0.748 e. The van der Waals surface area contributed by atoms with Crippen molar-refractivity contribution < 1.29 is 59.4 Å². The van der Waals surface area contributed by atoms with Crippen molar-refractivity contribution in [1.82, 2.24) is 20.2 Å². The molecule has 1 atom stereocenters. The highest BCUT2D eigenvalue weighted by Gasteiger charge is 2.54. The number of unbranched alkanes of at least 4 members (excludes halogenated alkanes) is 2. The molecule has 1 saturated heterocycles. The van der Waals surface area contributed by atoms with E-state index in [0.717, 1.165) is 26.4 Å². The lowest BCUT2D eigenvalue weighted by atomic mass is 9.88. The fourth-order valence-electron chi connectivity index (χ4n) is 7.53. The van der Waals surface area contributed by atoms with Gasteiger partial charge < -0.3 is 42.1 Å². The number of hydroxylamine groups is 2. The Hall–Kier alpha value is -5.01. The minimum absolute atomic E-state index is 0.00743. The Bertz CT molecular complexity index is 2150. The molecule has 0 saturated carbocycles. The number of rotatable bonds is 21. The van der Waals surface area contributed by atoms with Crippen LogP contribution in [-0.4, -0.2) is 120 Å². The third kappa shape index (κ3) is 11.8. The normalized spacial score (nSPS) is 16.7. The summed E-state index contributed by atoms with van der Waals surface area (Å²) in [7, 11) is 1.67. The molecular formula is C40H53BF2N6O9S. The SMILES string of the molecule is Cc1cc(CCC(=O)NC(CCCC[N+](C)(C)C)C(=O)NCCCCC(=O)ON2C(=O)CCC2=O)n2c1C=C1C(CCCS(=O)(=O)[O-])=CC(c3ccccc3)=[N+]1[B-]2(F)F. The lowest BCUT2D eigenvalue weighted by Crippen LogP contribution is -2.51. The van der Waals surface area contributed by atoms with E-state index in [1.165, 1.54) is 0 Å². The van der Waals surface area contributed by atoms with E-state index in [9.17, 15) is 36.9 Å². The summed E-state index contributed by atoms with van der Waals surface area (Å²) in [5.41, 5.74) is 2.52. The van der Waals surface area contributed by atoms with Crippen LogP contribution < -0.4 is 10.6 Å². The molecule has 3 aliphatic rings. The first-order valence-electron chi connectivity index (χ1n) is 20.0. The van der Waals surface area contributed by atoms with E-state index >= 15 is 8.63 Å². The van der Waals surface area contributed by atoms with Gasteiger partial charge in [-0.15, -0.1) is 5.06 Å². The van der Waals surface area contributed by atoms with Gasteiger partial charge in [0.15, 0.2) is 11.4 Å². The number of fused-ring (bicyclic) bond motifs is 2. The van der Waals surface area contributed by atoms with Gasteiger partial charge in [-0.3, -0.25) is 19.2 Å². The molecule has 19 heteroatoms. The second-order valence-electron chi connectivity index (χ2n) is 16.3. The van der Waals surface area contributed by atoms with E-state index in [1.54, 1.807) is 55.5 Å². The number of imide groups is 1. The summed E-state index contributed by atoms with van der Waals surface area (Å²) in [4.78, 5) is 67.2. The molecule has 5 rings (SSSR count). The van der Waals surface area contributed by atoms with Crippen LogP contribution in [0.15, 0.2) is 53.7 Å². The summed E-state index contributed by atoms with van der Waals surface area (Å²) >= 11 is 0. The number of benzene rings is 1. The highest BCUT2D eigenvalue weighted by Crippen LogP contribution is 2.39. The molecule has 0 spiro atoms. The molecule has 0 bridgehead atoms. The van der Waals surface area contributed by atoms with Crippen LogP contribution in [0.2, 0.25) is 0 Å². The van der Waals surface area contributed by atoms with Crippen molar-refractivity contribution in [1.29, 1.82) is 0 Å². The number of halogens is 2. The molecule has 0 radical (unpaired) electrons. The zero-order chi connectivity index (χ0) is 43.1. The number of carbonyl (C=O) groups excluding carboxylic acids is 5. The summed E-state index contributed by atoms with van der Waals surface area (Å²) < 4.78 is 70.6. The molecule has 4 heterocycles. The number of carbonyl (C=O) groups is 5. The Morgan fingerprint density at radius 1 is 0.966 bits per heavy atom. The number of quaternary nitrogens is 1. The van der Waals surface area contributed by atoms with Crippen LogP contribution in [-0.2, 0) is 45.3 Å². The van der Waals surface area contributed by atoms with Crippen LogP contribution in [0.4, 0.5) is 8.63 Å². The van der Waals surface area contributed by atoms with Gasteiger partial charge in [-0.05, 0) is 87.7 Å². The standard InChI is InChI=1S/C40H53BF2N6O9S/c1-28-25-31(46-33(28)27-35-30(15-12-24-59(55,56)57)26-34(47(35)41(46,42)43)29-13-6-5-7-14-29)18-19-36(50)45-32(16-9-11-23-49(2,3)4)40(54)44-22-10-8-17-39(53)58-48-37(51)20-21-38(48)52/h5-7,13-14,25-27,32H,8-12,15-24H2,1-4H3,(H2-,44,45,50,54,55,56,57). The van der Waals surface area contributed by atoms with Gasteiger partial charge in [0.1, 0.15) is 6.04 Å². The van der Waals surface area contributed by atoms with Crippen LogP contribution in [0.1, 0.15) is 93.1 Å². The lowest BCUT2D eigenvalue weighted by molar-refractivity contribution is -0.870. The van der Waals surface area contributed by atoms with Crippen molar-refractivity contribution in [3.63, 3.8) is 0 Å². The predicted octanol–water partition coefficient (Wildman–Crippen LogP) is 3.33. The summed E-state index contributed by atoms with van der Waals surface area (Å²) in [5, 5.41) is 6.10. The molecule has 2 aromatic rings. The van der Waals surface area contributed by atoms with Crippen LogP contribution in [0, 0.1) is 6.92 Å². The van der Waals surface area contributed by atoms with Gasteiger partial charge in [-0.1, -0.05) is 18.2 Å². The Morgan fingerprint density at radius 2 is 1.66 bits per heavy atom. The summed E-state index contributed by atoms with van der Waals surface area (Å²) in [6.45, 7) is -1.78. The second kappa shape index (κ2) is 18.9. The average molecular weight is 843 g/mol. The lowest BCUT2D eigenvalue weighted by Gasteiger charge is -2.32. The van der Waals surface area contributed by atoms with Crippen molar-refractivity contribution in [2.45, 2.75) is 90.0 Å². The monoisotopic (exact) mass is 842 g/mol. The third-order valence-corrected chi connectivity index (χ3v) is 11.2. The zero-order valence-electron chi connectivity index (χ0n) is 34.0. The molecule has 1 aromatic carbocycles. The minimum Gasteiger partial charge on any atom is -0.748 e. The molecule has 1 fully saturated rings. The van der Waals surface area contributed by atoms with Crippen LogP contribution in [0.3, 0.4) is 0 Å². The summed E-state index contributed by atoms with van der Waals surface area (Å²) in [5.74, 6) is -3.40. The predicted molar refractivity (Wildman–Crippen MR) is 214 cm³/mol. The van der Waals surface area contributed by atoms with Gasteiger partial charge >= 0.3 is 12.9 Å². The van der Waals surface area contributed by atoms with Crippen molar-refractivity contribution in [3.05, 3.63) is 76.3 Å². The quantitative estimate of drug-likeness (QED) is 0.0626. The van der Waals surface area contributed by atoms with Gasteiger partial charge in [-0.25, -0.2) is 13.2 Å². The zero-order valence-corrected chi connectivity index (χ0v) is 34.8. The van der Waals surface area contributed by atoms with Gasteiger partial charge in [0, 0.05) is 67.0 Å². The van der Waals surface area contributed by atoms with Crippen molar-refractivity contribution in [2.75, 3.05) is 40.0 Å². The highest BCUT2D eigenvalue weighted by atomic mass is 32.2. The molecule has 1 aromatic heterocycles. The van der Waals surface area contributed by atoms with Gasteiger partial charge in [0.05, 0.1) is 37.8 Å². The Morgan fingerprint density at radius 3 is 2.32 bits per heavy atom. The maximum absolute atomic E-state index is 17.0. The number of nitrogens with zero attached hydrogens (tertiary/aromatic N) is 4. The molecule has 15 nitrogen and oxygen atoms in total. The summed E-state index contributed by atoms with van der Waals surface area (Å²) in [6, 6.07) is 9.37. The Kier molecular flexibility index (Phi) is 14.5. The first-order valence-corrected chi connectivity index (χ1v) is 21.6. The van der Waals surface area contributed by atoms with Gasteiger partial charge in [-0.2, -0.15) is 0 Å². The van der Waals surface area contributed by atoms with E-state index in [0.29, 0.717) is 47.4 Å². The molecule has 59 heavy (non-hydrogen) atoms. The van der Waals surface area contributed by atoms with Crippen molar-refractivity contribution >= 4 is 58.5 Å². The van der Waals surface area contributed by atoms with Crippen LogP contribution in [0.25, 0.3) is 6.08 Å². The number of nitrogens with one attached hydrogen (secondary N) is 2. The highest BCUT2D eigenvalue weighted by molar-refractivity contribution is 7.85. The van der Waals surface area contributed by atoms with Gasteiger partial charge in [0.25, 0.3) is 11.8 Å². The first kappa shape index (κ1) is 45.1. The molecule has 320 valence electrons. The number of aromatic nitrogens is 1. The van der Waals surface area contributed by atoms with Crippen LogP contribution >= 0.6 is 0 Å². The number of hydrogen-bond acceptors (Lipinski definition) is 9. The van der Waals surface area contributed by atoms with Gasteiger partial charge in [0.2, 0.25) is 11.8 Å². The number of hydrogen-bond donors (Lipinski definition) is 2. The van der Waals surface area contributed by atoms with Crippen molar-refractivity contribution in [3.8, 4) is 0 Å². The number of allylic oxidation sites excluding steroid dienone is 2. The second-order valence-corrected chi connectivity index (χ2v) is 17.8. The average Bonchev–Trinajstić information content (AvgIpc) is 3.80. The minimum atomic E-state index is -4.51. The van der Waals surface area contributed by atoms with Crippen LogP contribution in [0.5, 0.6) is 0 Å².